The van der Waals surface area contributed by atoms with Gasteiger partial charge in [0.2, 0.25) is 5.91 Å². The second-order valence-electron chi connectivity index (χ2n) is 7.96. The van der Waals surface area contributed by atoms with E-state index in [1.165, 1.54) is 18.2 Å². The van der Waals surface area contributed by atoms with Crippen molar-refractivity contribution < 1.29 is 26.4 Å². The summed E-state index contributed by atoms with van der Waals surface area (Å²) in [6, 6.07) is 23.4. The maximum Gasteiger partial charge on any atom is 0.416 e. The van der Waals surface area contributed by atoms with Crippen molar-refractivity contribution in [2.75, 3.05) is 4.72 Å². The van der Waals surface area contributed by atoms with Crippen LogP contribution in [-0.4, -0.2) is 14.3 Å². The maximum absolute atomic E-state index is 12.8. The smallest absolute Gasteiger partial charge is 0.352 e. The van der Waals surface area contributed by atoms with Crippen LogP contribution < -0.4 is 10.0 Å². The van der Waals surface area contributed by atoms with E-state index in [-0.39, 0.29) is 23.8 Å². The molecule has 0 aromatic heterocycles. The number of fused-ring (bicyclic) bond motifs is 1. The zero-order valence-electron chi connectivity index (χ0n) is 18.3. The molecular weight excluding hydrogens is 477 g/mol. The van der Waals surface area contributed by atoms with Gasteiger partial charge in [-0.2, -0.15) is 13.2 Å². The molecule has 0 aliphatic heterocycles. The second kappa shape index (κ2) is 9.79. The third-order valence-electron chi connectivity index (χ3n) is 5.35. The van der Waals surface area contributed by atoms with E-state index in [9.17, 15) is 26.4 Å². The molecule has 0 fully saturated rings. The van der Waals surface area contributed by atoms with Gasteiger partial charge in [-0.05, 0) is 58.3 Å². The Labute approximate surface area is 200 Å². The molecule has 9 heteroatoms. The molecule has 0 radical (unpaired) electrons. The molecule has 4 aromatic rings. The van der Waals surface area contributed by atoms with E-state index < -0.39 is 21.8 Å². The van der Waals surface area contributed by atoms with Crippen molar-refractivity contribution in [3.8, 4) is 0 Å². The first-order chi connectivity index (χ1) is 16.6. The highest BCUT2D eigenvalue weighted by Gasteiger charge is 2.30. The molecule has 0 heterocycles. The van der Waals surface area contributed by atoms with Gasteiger partial charge in [0.1, 0.15) is 0 Å². The zero-order valence-corrected chi connectivity index (χ0v) is 19.2. The summed E-state index contributed by atoms with van der Waals surface area (Å²) in [5, 5.41) is 4.34. The Hall–Kier alpha value is -3.85. The van der Waals surface area contributed by atoms with Crippen molar-refractivity contribution in [2.45, 2.75) is 24.0 Å². The number of hydrogen-bond acceptors (Lipinski definition) is 3. The summed E-state index contributed by atoms with van der Waals surface area (Å²) in [5.41, 5.74) is 0.532. The summed E-state index contributed by atoms with van der Waals surface area (Å²) in [6.45, 7) is -0.0353. The number of benzene rings is 4. The quantitative estimate of drug-likeness (QED) is 0.352. The Morgan fingerprint density at radius 1 is 0.771 bits per heavy atom. The van der Waals surface area contributed by atoms with Gasteiger partial charge in [-0.15, -0.1) is 0 Å². The Balaban J connectivity index is 1.35. The summed E-state index contributed by atoms with van der Waals surface area (Å²) < 4.78 is 66.5. The van der Waals surface area contributed by atoms with E-state index in [2.05, 4.69) is 10.0 Å². The van der Waals surface area contributed by atoms with Crippen LogP contribution in [0.25, 0.3) is 10.8 Å². The van der Waals surface area contributed by atoms with Gasteiger partial charge < -0.3 is 5.32 Å². The molecule has 4 aromatic carbocycles. The van der Waals surface area contributed by atoms with Crippen molar-refractivity contribution in [1.29, 1.82) is 0 Å². The number of rotatable bonds is 7. The van der Waals surface area contributed by atoms with Crippen LogP contribution in [0.5, 0.6) is 0 Å². The predicted molar refractivity (Wildman–Crippen MR) is 128 cm³/mol. The van der Waals surface area contributed by atoms with Crippen LogP contribution >= 0.6 is 0 Å². The molecule has 0 atom stereocenters. The number of alkyl halides is 3. The molecule has 0 saturated heterocycles. The Morgan fingerprint density at radius 2 is 1.49 bits per heavy atom. The molecule has 0 aliphatic rings. The SMILES string of the molecule is O=C(Cc1ccc(NS(=O)(=O)c2ccc3ccccc3c2)cc1)NCc1cccc(C(F)(F)F)c1. The number of nitrogens with one attached hydrogen (secondary N) is 2. The highest BCUT2D eigenvalue weighted by atomic mass is 32.2. The molecule has 1 amide bonds. The average molecular weight is 499 g/mol. The number of sulfonamides is 1. The standard InChI is InChI=1S/C26H21F3N2O3S/c27-26(28,29)22-7-3-4-19(14-22)17-30-25(32)15-18-8-11-23(12-9-18)31-35(33,34)24-13-10-20-5-1-2-6-21(20)16-24/h1-14,16,31H,15,17H2,(H,30,32). The monoisotopic (exact) mass is 498 g/mol. The molecule has 0 spiro atoms. The highest BCUT2D eigenvalue weighted by Crippen LogP contribution is 2.29. The van der Waals surface area contributed by atoms with E-state index in [0.29, 0.717) is 16.8 Å². The molecule has 4 rings (SSSR count). The molecule has 0 saturated carbocycles. The highest BCUT2D eigenvalue weighted by molar-refractivity contribution is 7.92. The lowest BCUT2D eigenvalue weighted by molar-refractivity contribution is -0.137. The first-order valence-corrected chi connectivity index (χ1v) is 12.1. The normalized spacial score (nSPS) is 11.9. The third-order valence-corrected chi connectivity index (χ3v) is 6.73. The van der Waals surface area contributed by atoms with E-state index in [1.54, 1.807) is 36.4 Å². The summed E-state index contributed by atoms with van der Waals surface area (Å²) in [4.78, 5) is 12.4. The minimum Gasteiger partial charge on any atom is -0.352 e. The number of hydrogen-bond donors (Lipinski definition) is 2. The lowest BCUT2D eigenvalue weighted by Gasteiger charge is -2.11. The van der Waals surface area contributed by atoms with Crippen molar-refractivity contribution in [3.63, 3.8) is 0 Å². The molecular formula is C26H21F3N2O3S. The first kappa shape index (κ1) is 24.3. The Kier molecular flexibility index (Phi) is 6.79. The van der Waals surface area contributed by atoms with Crippen molar-refractivity contribution in [1.82, 2.24) is 5.32 Å². The summed E-state index contributed by atoms with van der Waals surface area (Å²) in [5.74, 6) is -0.369. The number of halogens is 3. The molecule has 5 nitrogen and oxygen atoms in total. The summed E-state index contributed by atoms with van der Waals surface area (Å²) in [7, 11) is -3.80. The largest absolute Gasteiger partial charge is 0.416 e. The zero-order chi connectivity index (χ0) is 25.1. The maximum atomic E-state index is 12.8. The molecule has 2 N–H and O–H groups in total. The van der Waals surface area contributed by atoms with Gasteiger partial charge in [-0.3, -0.25) is 9.52 Å². The first-order valence-electron chi connectivity index (χ1n) is 10.6. The Morgan fingerprint density at radius 3 is 2.20 bits per heavy atom. The third kappa shape index (κ3) is 6.19. The fourth-order valence-corrected chi connectivity index (χ4v) is 4.64. The van der Waals surface area contributed by atoms with E-state index in [0.717, 1.165) is 22.9 Å². The second-order valence-corrected chi connectivity index (χ2v) is 9.65. The van der Waals surface area contributed by atoms with E-state index in [1.807, 2.05) is 24.3 Å². The molecule has 0 unspecified atom stereocenters. The van der Waals surface area contributed by atoms with Crippen LogP contribution in [0.15, 0.2) is 95.9 Å². The predicted octanol–water partition coefficient (Wildman–Crippen LogP) is 5.52. The van der Waals surface area contributed by atoms with Crippen LogP contribution in [0.2, 0.25) is 0 Å². The topological polar surface area (TPSA) is 75.3 Å². The lowest BCUT2D eigenvalue weighted by Crippen LogP contribution is -2.24. The van der Waals surface area contributed by atoms with Gasteiger partial charge in [0.25, 0.3) is 10.0 Å². The summed E-state index contributed by atoms with van der Waals surface area (Å²) in [6.07, 6.45) is -4.45. The number of anilines is 1. The van der Waals surface area contributed by atoms with Crippen LogP contribution in [0.1, 0.15) is 16.7 Å². The van der Waals surface area contributed by atoms with Crippen molar-refractivity contribution >= 4 is 32.4 Å². The molecule has 0 bridgehead atoms. The molecule has 180 valence electrons. The Bertz CT molecular complexity index is 1470. The van der Waals surface area contributed by atoms with Crippen LogP contribution in [0.4, 0.5) is 18.9 Å². The molecule has 0 aliphatic carbocycles. The lowest BCUT2D eigenvalue weighted by atomic mass is 10.1. The van der Waals surface area contributed by atoms with Crippen LogP contribution in [-0.2, 0) is 34.0 Å². The number of carbonyl (C=O) groups is 1. The fraction of sp³-hybridized carbons (Fsp3) is 0.115. The van der Waals surface area contributed by atoms with E-state index in [4.69, 9.17) is 0 Å². The number of carbonyl (C=O) groups excluding carboxylic acids is 1. The fourth-order valence-electron chi connectivity index (χ4n) is 3.55. The van der Waals surface area contributed by atoms with Crippen molar-refractivity contribution in [2.24, 2.45) is 0 Å². The van der Waals surface area contributed by atoms with Gasteiger partial charge in [0.05, 0.1) is 16.9 Å². The molecule has 35 heavy (non-hydrogen) atoms. The van der Waals surface area contributed by atoms with Gasteiger partial charge >= 0.3 is 6.18 Å². The summed E-state index contributed by atoms with van der Waals surface area (Å²) >= 11 is 0. The van der Waals surface area contributed by atoms with Crippen molar-refractivity contribution in [3.05, 3.63) is 108 Å². The van der Waals surface area contributed by atoms with Gasteiger partial charge in [0, 0.05) is 12.2 Å². The van der Waals surface area contributed by atoms with Gasteiger partial charge in [-0.25, -0.2) is 8.42 Å². The minimum atomic E-state index is -4.45. The van der Waals surface area contributed by atoms with Crippen LogP contribution in [0.3, 0.4) is 0 Å². The minimum absolute atomic E-state index is 0.00331. The van der Waals surface area contributed by atoms with Gasteiger partial charge in [-0.1, -0.05) is 54.6 Å². The van der Waals surface area contributed by atoms with Gasteiger partial charge in [0.15, 0.2) is 0 Å². The van der Waals surface area contributed by atoms with Crippen LogP contribution in [0, 0.1) is 0 Å². The van der Waals surface area contributed by atoms with E-state index >= 15 is 0 Å². The number of amides is 1. The average Bonchev–Trinajstić information content (AvgIpc) is 2.83.